The molecule has 1 aliphatic heterocycles. The summed E-state index contributed by atoms with van der Waals surface area (Å²) in [5.74, 6) is 0. The molecule has 3 rings (SSSR count). The number of sulfonamides is 1. The van der Waals surface area contributed by atoms with Gasteiger partial charge in [-0.1, -0.05) is 29.3 Å². The minimum Gasteiger partial charge on any atom is -0.296 e. The molecule has 25 heavy (non-hydrogen) atoms. The van der Waals surface area contributed by atoms with Crippen LogP contribution in [0.3, 0.4) is 0 Å². The van der Waals surface area contributed by atoms with E-state index in [1.807, 2.05) is 32.0 Å². The number of halogens is 1. The van der Waals surface area contributed by atoms with Crippen molar-refractivity contribution in [3.8, 4) is 0 Å². The number of rotatable bonds is 4. The first-order chi connectivity index (χ1) is 11.9. The van der Waals surface area contributed by atoms with Crippen LogP contribution in [0.2, 0.25) is 5.02 Å². The van der Waals surface area contributed by atoms with Crippen molar-refractivity contribution in [2.45, 2.75) is 25.3 Å². The molecule has 1 aromatic carbocycles. The third-order valence-corrected chi connectivity index (χ3v) is 6.93. The molecule has 1 fully saturated rings. The summed E-state index contributed by atoms with van der Waals surface area (Å²) in [6.45, 7) is 6.86. The number of aromatic nitrogens is 1. The van der Waals surface area contributed by atoms with Crippen molar-refractivity contribution >= 4 is 21.6 Å². The number of hydrogen-bond donors (Lipinski definition) is 0. The number of piperazine rings is 1. The molecule has 0 unspecified atom stereocenters. The van der Waals surface area contributed by atoms with E-state index < -0.39 is 10.0 Å². The second kappa shape index (κ2) is 7.41. The van der Waals surface area contributed by atoms with Crippen LogP contribution in [-0.4, -0.2) is 48.8 Å². The van der Waals surface area contributed by atoms with Gasteiger partial charge in [0.2, 0.25) is 10.0 Å². The van der Waals surface area contributed by atoms with E-state index in [4.69, 9.17) is 11.6 Å². The maximum atomic E-state index is 12.9. The number of nitrogens with zero attached hydrogens (tertiary/aromatic N) is 3. The van der Waals surface area contributed by atoms with Crippen LogP contribution < -0.4 is 0 Å². The van der Waals surface area contributed by atoms with Gasteiger partial charge in [-0.25, -0.2) is 8.42 Å². The normalized spacial score (nSPS) is 16.9. The van der Waals surface area contributed by atoms with Gasteiger partial charge in [-0.15, -0.1) is 0 Å². The first kappa shape index (κ1) is 18.3. The highest BCUT2D eigenvalue weighted by atomic mass is 35.5. The zero-order chi connectivity index (χ0) is 18.0. The fourth-order valence-corrected chi connectivity index (χ4v) is 4.94. The summed E-state index contributed by atoms with van der Waals surface area (Å²) in [6, 6.07) is 7.38. The molecule has 2 heterocycles. The quantitative estimate of drug-likeness (QED) is 0.819. The molecule has 134 valence electrons. The molecule has 0 spiro atoms. The van der Waals surface area contributed by atoms with E-state index in [0.29, 0.717) is 42.6 Å². The van der Waals surface area contributed by atoms with Crippen LogP contribution in [0.4, 0.5) is 0 Å². The van der Waals surface area contributed by atoms with Gasteiger partial charge in [0.1, 0.15) is 0 Å². The molecule has 1 aliphatic rings. The zero-order valence-corrected chi connectivity index (χ0v) is 16.0. The Morgan fingerprint density at radius 1 is 1.12 bits per heavy atom. The van der Waals surface area contributed by atoms with Crippen molar-refractivity contribution in [3.63, 3.8) is 0 Å². The van der Waals surface area contributed by atoms with Crippen molar-refractivity contribution in [2.75, 3.05) is 26.2 Å². The average Bonchev–Trinajstić information content (AvgIpc) is 2.57. The summed E-state index contributed by atoms with van der Waals surface area (Å²) >= 11 is 6.16. The summed E-state index contributed by atoms with van der Waals surface area (Å²) in [7, 11) is -3.44. The standard InChI is InChI=1S/C18H22ClN3O2S/c1-14-3-4-18(15(2)11-14)25(23,24)22-9-7-21(8-10-22)13-16-5-6-20-12-17(16)19/h3-6,11-12H,7-10,13H2,1-2H3. The summed E-state index contributed by atoms with van der Waals surface area (Å²) in [4.78, 5) is 6.62. The van der Waals surface area contributed by atoms with E-state index in [0.717, 1.165) is 16.7 Å². The van der Waals surface area contributed by atoms with Gasteiger partial charge in [-0.3, -0.25) is 9.88 Å². The van der Waals surface area contributed by atoms with Gasteiger partial charge in [0.15, 0.2) is 0 Å². The minimum absolute atomic E-state index is 0.406. The summed E-state index contributed by atoms with van der Waals surface area (Å²) in [6.07, 6.45) is 3.36. The summed E-state index contributed by atoms with van der Waals surface area (Å²) in [5.41, 5.74) is 2.88. The van der Waals surface area contributed by atoms with Gasteiger partial charge in [-0.05, 0) is 37.1 Å². The molecule has 0 amide bonds. The van der Waals surface area contributed by atoms with E-state index in [2.05, 4.69) is 9.88 Å². The van der Waals surface area contributed by atoms with Crippen LogP contribution in [0.5, 0.6) is 0 Å². The lowest BCUT2D eigenvalue weighted by Gasteiger charge is -2.34. The highest BCUT2D eigenvalue weighted by molar-refractivity contribution is 7.89. The molecule has 0 N–H and O–H groups in total. The molecule has 7 heteroatoms. The topological polar surface area (TPSA) is 53.5 Å². The van der Waals surface area contributed by atoms with Gasteiger partial charge >= 0.3 is 0 Å². The number of benzene rings is 1. The SMILES string of the molecule is Cc1ccc(S(=O)(=O)N2CCN(Cc3ccncc3Cl)CC2)c(C)c1. The van der Waals surface area contributed by atoms with E-state index >= 15 is 0 Å². The molecule has 0 atom stereocenters. The zero-order valence-electron chi connectivity index (χ0n) is 14.4. The fourth-order valence-electron chi connectivity index (χ4n) is 3.13. The second-order valence-electron chi connectivity index (χ2n) is 6.42. The number of pyridine rings is 1. The molecular formula is C18H22ClN3O2S. The van der Waals surface area contributed by atoms with Crippen molar-refractivity contribution in [2.24, 2.45) is 0 Å². The maximum Gasteiger partial charge on any atom is 0.243 e. The van der Waals surface area contributed by atoms with Crippen molar-refractivity contribution in [1.29, 1.82) is 0 Å². The Kier molecular flexibility index (Phi) is 5.43. The Morgan fingerprint density at radius 3 is 2.48 bits per heavy atom. The molecule has 0 bridgehead atoms. The van der Waals surface area contributed by atoms with Crippen LogP contribution in [0.25, 0.3) is 0 Å². The average molecular weight is 380 g/mol. The fraction of sp³-hybridized carbons (Fsp3) is 0.389. The summed E-state index contributed by atoms with van der Waals surface area (Å²) < 4.78 is 27.4. The Labute approximate surface area is 154 Å². The minimum atomic E-state index is -3.44. The van der Waals surface area contributed by atoms with Crippen molar-refractivity contribution < 1.29 is 8.42 Å². The first-order valence-corrected chi connectivity index (χ1v) is 10.1. The molecule has 0 radical (unpaired) electrons. The van der Waals surface area contributed by atoms with Gasteiger partial charge in [0.05, 0.1) is 9.92 Å². The van der Waals surface area contributed by atoms with Crippen LogP contribution in [0.15, 0.2) is 41.6 Å². The number of aryl methyl sites for hydroxylation is 2. The van der Waals surface area contributed by atoms with E-state index in [1.165, 1.54) is 0 Å². The first-order valence-electron chi connectivity index (χ1n) is 8.26. The highest BCUT2D eigenvalue weighted by Gasteiger charge is 2.29. The molecule has 1 aromatic heterocycles. The Bertz CT molecular complexity index is 862. The molecule has 1 saturated heterocycles. The Morgan fingerprint density at radius 2 is 1.84 bits per heavy atom. The van der Waals surface area contributed by atoms with E-state index in [9.17, 15) is 8.42 Å². The smallest absolute Gasteiger partial charge is 0.243 e. The molecule has 5 nitrogen and oxygen atoms in total. The van der Waals surface area contributed by atoms with Crippen LogP contribution in [0.1, 0.15) is 16.7 Å². The number of hydrogen-bond acceptors (Lipinski definition) is 4. The van der Waals surface area contributed by atoms with Gasteiger partial charge in [-0.2, -0.15) is 4.31 Å². The maximum absolute atomic E-state index is 12.9. The van der Waals surface area contributed by atoms with Crippen LogP contribution in [0, 0.1) is 13.8 Å². The van der Waals surface area contributed by atoms with E-state index in [-0.39, 0.29) is 0 Å². The molecule has 0 saturated carbocycles. The predicted octanol–water partition coefficient (Wildman–Crippen LogP) is 2.86. The highest BCUT2D eigenvalue weighted by Crippen LogP contribution is 2.23. The lowest BCUT2D eigenvalue weighted by atomic mass is 10.2. The Balaban J connectivity index is 1.68. The lowest BCUT2D eigenvalue weighted by molar-refractivity contribution is 0.181. The predicted molar refractivity (Wildman–Crippen MR) is 99.2 cm³/mol. The monoisotopic (exact) mass is 379 g/mol. The van der Waals surface area contributed by atoms with Crippen molar-refractivity contribution in [1.82, 2.24) is 14.2 Å². The Hall–Kier alpha value is -1.47. The second-order valence-corrected chi connectivity index (χ2v) is 8.73. The van der Waals surface area contributed by atoms with Crippen molar-refractivity contribution in [3.05, 3.63) is 58.4 Å². The largest absolute Gasteiger partial charge is 0.296 e. The van der Waals surface area contributed by atoms with Crippen LogP contribution >= 0.6 is 11.6 Å². The summed E-state index contributed by atoms with van der Waals surface area (Å²) in [5, 5.41) is 0.646. The van der Waals surface area contributed by atoms with Gasteiger partial charge in [0, 0.05) is 45.1 Å². The molecule has 2 aromatic rings. The third kappa shape index (κ3) is 4.03. The lowest BCUT2D eigenvalue weighted by Crippen LogP contribution is -2.48. The molecule has 0 aliphatic carbocycles. The third-order valence-electron chi connectivity index (χ3n) is 4.53. The van der Waals surface area contributed by atoms with Crippen LogP contribution in [-0.2, 0) is 16.6 Å². The van der Waals surface area contributed by atoms with Gasteiger partial charge in [0.25, 0.3) is 0 Å². The molecular weight excluding hydrogens is 358 g/mol. The van der Waals surface area contributed by atoms with E-state index in [1.54, 1.807) is 22.8 Å². The van der Waals surface area contributed by atoms with Gasteiger partial charge < -0.3 is 0 Å².